The third-order valence-corrected chi connectivity index (χ3v) is 8.55. The molecule has 0 aromatic carbocycles. The molecule has 0 bridgehead atoms. The fraction of sp³-hybridized carbons (Fsp3) is 0.733. The molecule has 0 unspecified atom stereocenters. The Hall–Kier alpha value is -0.480. The highest BCUT2D eigenvalue weighted by atomic mass is 32.2. The fourth-order valence-electron chi connectivity index (χ4n) is 3.08. The van der Waals surface area contributed by atoms with E-state index in [0.29, 0.717) is 0 Å². The van der Waals surface area contributed by atoms with Crippen LogP contribution in [0.3, 0.4) is 0 Å². The molecule has 0 saturated heterocycles. The molecular formula is C15H26N2O4S3. The van der Waals surface area contributed by atoms with Crippen molar-refractivity contribution in [1.82, 2.24) is 9.03 Å². The Balaban J connectivity index is 2.00. The maximum Gasteiger partial charge on any atom is 0.250 e. The topological polar surface area (TPSA) is 83.6 Å². The van der Waals surface area contributed by atoms with Crippen LogP contribution >= 0.6 is 11.3 Å². The normalized spacial score (nSPS) is 18.0. The average molecular weight is 395 g/mol. The number of hydrogen-bond acceptors (Lipinski definition) is 5. The summed E-state index contributed by atoms with van der Waals surface area (Å²) in [6, 6.07) is 3.31. The highest BCUT2D eigenvalue weighted by Crippen LogP contribution is 2.24. The molecule has 6 nitrogen and oxygen atoms in total. The minimum atomic E-state index is -3.57. The summed E-state index contributed by atoms with van der Waals surface area (Å²) in [6.45, 7) is 2.11. The molecule has 1 aliphatic carbocycles. The van der Waals surface area contributed by atoms with E-state index in [1.165, 1.54) is 21.9 Å². The highest BCUT2D eigenvalue weighted by Gasteiger charge is 2.27. The van der Waals surface area contributed by atoms with Gasteiger partial charge < -0.3 is 0 Å². The summed E-state index contributed by atoms with van der Waals surface area (Å²) in [5.41, 5.74) is 0. The van der Waals surface area contributed by atoms with Gasteiger partial charge in [-0.15, -0.1) is 11.3 Å². The molecule has 0 amide bonds. The van der Waals surface area contributed by atoms with Crippen LogP contribution in [0.15, 0.2) is 16.3 Å². The van der Waals surface area contributed by atoms with Crippen molar-refractivity contribution in [3.8, 4) is 0 Å². The van der Waals surface area contributed by atoms with Crippen molar-refractivity contribution in [3.05, 3.63) is 17.0 Å². The van der Waals surface area contributed by atoms with E-state index in [-0.39, 0.29) is 23.3 Å². The van der Waals surface area contributed by atoms with Crippen LogP contribution < -0.4 is 4.72 Å². The second kappa shape index (κ2) is 8.27. The van der Waals surface area contributed by atoms with Gasteiger partial charge in [0, 0.05) is 24.0 Å². The summed E-state index contributed by atoms with van der Waals surface area (Å²) < 4.78 is 53.0. The number of sulfonamides is 2. The lowest BCUT2D eigenvalue weighted by atomic mass is 10.1. The predicted octanol–water partition coefficient (Wildman–Crippen LogP) is 2.32. The van der Waals surface area contributed by atoms with E-state index in [0.717, 1.165) is 43.4 Å². The zero-order valence-electron chi connectivity index (χ0n) is 14.2. The molecule has 24 heavy (non-hydrogen) atoms. The van der Waals surface area contributed by atoms with Crippen molar-refractivity contribution in [2.45, 2.75) is 55.7 Å². The second-order valence-corrected chi connectivity index (χ2v) is 11.5. The Bertz CT molecular complexity index is 733. The SMILES string of the molecule is Cc1ccc(S(=O)(=O)NCCN(C2CCCCCC2)S(C)(=O)=O)s1. The van der Waals surface area contributed by atoms with Gasteiger partial charge in [0.05, 0.1) is 6.26 Å². The largest absolute Gasteiger partial charge is 0.250 e. The molecule has 0 aliphatic heterocycles. The summed E-state index contributed by atoms with van der Waals surface area (Å²) >= 11 is 1.21. The van der Waals surface area contributed by atoms with Crippen LogP contribution in [0, 0.1) is 6.92 Å². The maximum atomic E-state index is 12.2. The summed E-state index contributed by atoms with van der Waals surface area (Å²) in [6.07, 6.45) is 7.23. The summed E-state index contributed by atoms with van der Waals surface area (Å²) in [5.74, 6) is 0. The lowest BCUT2D eigenvalue weighted by Crippen LogP contribution is -2.44. The Morgan fingerprint density at radius 2 is 1.75 bits per heavy atom. The van der Waals surface area contributed by atoms with Gasteiger partial charge in [-0.2, -0.15) is 4.31 Å². The van der Waals surface area contributed by atoms with Crippen molar-refractivity contribution < 1.29 is 16.8 Å². The number of nitrogens with zero attached hydrogens (tertiary/aromatic N) is 1. The molecule has 1 aromatic heterocycles. The van der Waals surface area contributed by atoms with Crippen LogP contribution in [0.4, 0.5) is 0 Å². The molecular weight excluding hydrogens is 368 g/mol. The first-order valence-electron chi connectivity index (χ1n) is 8.23. The zero-order valence-corrected chi connectivity index (χ0v) is 16.6. The van der Waals surface area contributed by atoms with Gasteiger partial charge >= 0.3 is 0 Å². The van der Waals surface area contributed by atoms with Crippen molar-refractivity contribution in [2.75, 3.05) is 19.3 Å². The van der Waals surface area contributed by atoms with E-state index in [1.54, 1.807) is 12.1 Å². The second-order valence-electron chi connectivity index (χ2n) is 6.28. The Labute approximate surface area is 149 Å². The summed E-state index contributed by atoms with van der Waals surface area (Å²) in [4.78, 5) is 0.923. The van der Waals surface area contributed by atoms with Crippen molar-refractivity contribution >= 4 is 31.4 Å². The lowest BCUT2D eigenvalue weighted by molar-refractivity contribution is 0.297. The molecule has 2 rings (SSSR count). The predicted molar refractivity (Wildman–Crippen MR) is 97.3 cm³/mol. The molecule has 1 saturated carbocycles. The van der Waals surface area contributed by atoms with Crippen molar-refractivity contribution in [2.24, 2.45) is 0 Å². The molecule has 0 spiro atoms. The van der Waals surface area contributed by atoms with Crippen LogP contribution in [0.1, 0.15) is 43.4 Å². The van der Waals surface area contributed by atoms with E-state index < -0.39 is 20.0 Å². The van der Waals surface area contributed by atoms with Gasteiger partial charge in [-0.25, -0.2) is 21.6 Å². The minimum absolute atomic E-state index is 0.0176. The average Bonchev–Trinajstić information content (AvgIpc) is 2.76. The standard InChI is InChI=1S/C15H26N2O4S3/c1-13-9-10-15(22-13)24(20,21)16-11-12-17(23(2,18)19)14-7-5-3-4-6-8-14/h9-10,14,16H,3-8,11-12H2,1-2H3. The van der Waals surface area contributed by atoms with Crippen molar-refractivity contribution in [1.29, 1.82) is 0 Å². The molecule has 0 atom stereocenters. The number of rotatable bonds is 7. The molecule has 9 heteroatoms. The van der Waals surface area contributed by atoms with Gasteiger partial charge in [-0.05, 0) is 31.9 Å². The number of hydrogen-bond donors (Lipinski definition) is 1. The van der Waals surface area contributed by atoms with E-state index in [9.17, 15) is 16.8 Å². The van der Waals surface area contributed by atoms with Crippen molar-refractivity contribution in [3.63, 3.8) is 0 Å². The molecule has 1 heterocycles. The van der Waals surface area contributed by atoms with Gasteiger partial charge in [0.1, 0.15) is 4.21 Å². The molecule has 1 aromatic rings. The quantitative estimate of drug-likeness (QED) is 0.720. The zero-order chi connectivity index (χ0) is 17.8. The van der Waals surface area contributed by atoms with Crippen LogP contribution in [0.25, 0.3) is 0 Å². The van der Waals surface area contributed by atoms with E-state index >= 15 is 0 Å². The van der Waals surface area contributed by atoms with Gasteiger partial charge in [-0.3, -0.25) is 0 Å². The van der Waals surface area contributed by atoms with E-state index in [4.69, 9.17) is 0 Å². The molecule has 138 valence electrons. The minimum Gasteiger partial charge on any atom is -0.212 e. The van der Waals surface area contributed by atoms with Crippen LogP contribution in [-0.2, 0) is 20.0 Å². The highest BCUT2D eigenvalue weighted by molar-refractivity contribution is 7.91. The number of thiophene rings is 1. The Morgan fingerprint density at radius 3 is 2.25 bits per heavy atom. The Morgan fingerprint density at radius 1 is 1.12 bits per heavy atom. The maximum absolute atomic E-state index is 12.2. The summed E-state index contributed by atoms with van der Waals surface area (Å²) in [5, 5.41) is 0. The van der Waals surface area contributed by atoms with Crippen LogP contribution in [0.2, 0.25) is 0 Å². The summed E-state index contributed by atoms with van der Waals surface area (Å²) in [7, 11) is -6.93. The van der Waals surface area contributed by atoms with Gasteiger partial charge in [-0.1, -0.05) is 25.7 Å². The van der Waals surface area contributed by atoms with Gasteiger partial charge in [0.25, 0.3) is 0 Å². The first kappa shape index (κ1) is 19.8. The molecule has 1 N–H and O–H groups in total. The molecule has 1 aliphatic rings. The molecule has 1 fully saturated rings. The molecule has 0 radical (unpaired) electrons. The van der Waals surface area contributed by atoms with Crippen LogP contribution in [0.5, 0.6) is 0 Å². The fourth-order valence-corrected chi connectivity index (χ4v) is 6.61. The van der Waals surface area contributed by atoms with Crippen LogP contribution in [-0.4, -0.2) is 46.5 Å². The van der Waals surface area contributed by atoms with E-state index in [1.807, 2.05) is 6.92 Å². The monoisotopic (exact) mass is 394 g/mol. The van der Waals surface area contributed by atoms with Gasteiger partial charge in [0.15, 0.2) is 0 Å². The first-order valence-corrected chi connectivity index (χ1v) is 12.4. The van der Waals surface area contributed by atoms with Gasteiger partial charge in [0.2, 0.25) is 20.0 Å². The van der Waals surface area contributed by atoms with E-state index in [2.05, 4.69) is 4.72 Å². The third kappa shape index (κ3) is 5.52. The number of aryl methyl sites for hydroxylation is 1. The third-order valence-electron chi connectivity index (χ3n) is 4.26. The first-order chi connectivity index (χ1) is 11.2. The Kier molecular flexibility index (Phi) is 6.83. The smallest absolute Gasteiger partial charge is 0.212 e. The number of nitrogens with one attached hydrogen (secondary N) is 1. The lowest BCUT2D eigenvalue weighted by Gasteiger charge is -2.28.